The summed E-state index contributed by atoms with van der Waals surface area (Å²) in [6, 6.07) is 5.33. The van der Waals surface area contributed by atoms with Gasteiger partial charge < -0.3 is 10.2 Å². The predicted molar refractivity (Wildman–Crippen MR) is 87.8 cm³/mol. The zero-order valence-corrected chi connectivity index (χ0v) is 13.5. The minimum atomic E-state index is -4.52. The summed E-state index contributed by atoms with van der Waals surface area (Å²) in [5.74, 6) is 0.848. The summed E-state index contributed by atoms with van der Waals surface area (Å²) < 4.78 is 39.5. The molecule has 2 heterocycles. The van der Waals surface area contributed by atoms with Gasteiger partial charge in [0.15, 0.2) is 0 Å². The lowest BCUT2D eigenvalue weighted by Crippen LogP contribution is -2.30. The minimum absolute atomic E-state index is 0.0239. The van der Waals surface area contributed by atoms with Gasteiger partial charge in [0.25, 0.3) is 0 Å². The van der Waals surface area contributed by atoms with E-state index in [0.717, 1.165) is 37.8 Å². The van der Waals surface area contributed by atoms with Crippen molar-refractivity contribution in [2.45, 2.75) is 25.4 Å². The summed E-state index contributed by atoms with van der Waals surface area (Å²) in [4.78, 5) is 10.5. The van der Waals surface area contributed by atoms with Crippen LogP contribution >= 0.6 is 11.6 Å². The lowest BCUT2D eigenvalue weighted by atomic mass is 10.1. The van der Waals surface area contributed by atoms with Crippen LogP contribution < -0.4 is 10.2 Å². The minimum Gasteiger partial charge on any atom is -0.356 e. The van der Waals surface area contributed by atoms with Crippen LogP contribution in [0.3, 0.4) is 0 Å². The van der Waals surface area contributed by atoms with E-state index in [9.17, 15) is 13.2 Å². The SMILES string of the molecule is FC(F)(F)c1cc(Cl)ccc1Nc1nccc(N2CCCCC2)n1. The van der Waals surface area contributed by atoms with Gasteiger partial charge >= 0.3 is 6.18 Å². The number of hydrogen-bond donors (Lipinski definition) is 1. The molecule has 1 aromatic carbocycles. The van der Waals surface area contributed by atoms with Crippen molar-refractivity contribution in [1.82, 2.24) is 9.97 Å². The number of alkyl halides is 3. The van der Waals surface area contributed by atoms with E-state index < -0.39 is 11.7 Å². The number of anilines is 3. The first kappa shape index (κ1) is 16.8. The second-order valence-corrected chi connectivity index (χ2v) is 6.04. The van der Waals surface area contributed by atoms with Crippen LogP contribution in [0.5, 0.6) is 0 Å². The number of benzene rings is 1. The zero-order valence-electron chi connectivity index (χ0n) is 12.8. The monoisotopic (exact) mass is 356 g/mol. The maximum Gasteiger partial charge on any atom is 0.418 e. The summed E-state index contributed by atoms with van der Waals surface area (Å²) in [7, 11) is 0. The summed E-state index contributed by atoms with van der Waals surface area (Å²) >= 11 is 5.69. The third-order valence-electron chi connectivity index (χ3n) is 3.85. The highest BCUT2D eigenvalue weighted by molar-refractivity contribution is 6.30. The standard InChI is InChI=1S/C16H16ClF3N4/c17-11-4-5-13(12(10-11)16(18,19)20)22-15-21-7-6-14(23-15)24-8-2-1-3-9-24/h4-7,10H,1-3,8-9H2,(H,21,22,23). The normalized spacial score (nSPS) is 15.4. The molecule has 1 fully saturated rings. The molecule has 0 spiro atoms. The van der Waals surface area contributed by atoms with Gasteiger partial charge in [-0.25, -0.2) is 4.98 Å². The second-order valence-electron chi connectivity index (χ2n) is 5.60. The summed E-state index contributed by atoms with van der Waals surface area (Å²) in [6.07, 6.45) is 0.386. The fraction of sp³-hybridized carbons (Fsp3) is 0.375. The Labute approximate surface area is 142 Å². The highest BCUT2D eigenvalue weighted by atomic mass is 35.5. The number of hydrogen-bond acceptors (Lipinski definition) is 4. The molecule has 0 atom stereocenters. The van der Waals surface area contributed by atoms with Crippen LogP contribution in [0.2, 0.25) is 5.02 Å². The van der Waals surface area contributed by atoms with E-state index in [-0.39, 0.29) is 16.7 Å². The number of nitrogens with zero attached hydrogens (tertiary/aromatic N) is 3. The molecule has 1 aliphatic rings. The molecular weight excluding hydrogens is 341 g/mol. The quantitative estimate of drug-likeness (QED) is 0.850. The molecular formula is C16H16ClF3N4. The van der Waals surface area contributed by atoms with Gasteiger partial charge in [0, 0.05) is 24.3 Å². The Morgan fingerprint density at radius 2 is 1.83 bits per heavy atom. The number of rotatable bonds is 3. The van der Waals surface area contributed by atoms with E-state index in [1.165, 1.54) is 18.6 Å². The number of aromatic nitrogens is 2. The van der Waals surface area contributed by atoms with Crippen molar-refractivity contribution in [1.29, 1.82) is 0 Å². The van der Waals surface area contributed by atoms with Gasteiger partial charge in [-0.3, -0.25) is 0 Å². The van der Waals surface area contributed by atoms with Gasteiger partial charge in [-0.1, -0.05) is 11.6 Å². The van der Waals surface area contributed by atoms with Gasteiger partial charge in [-0.2, -0.15) is 18.2 Å². The summed E-state index contributed by atoms with van der Waals surface area (Å²) in [6.45, 7) is 1.79. The van der Waals surface area contributed by atoms with E-state index >= 15 is 0 Å². The maximum atomic E-state index is 13.2. The first-order valence-corrected chi connectivity index (χ1v) is 8.03. The molecule has 0 unspecified atom stereocenters. The van der Waals surface area contributed by atoms with Crippen molar-refractivity contribution >= 4 is 29.1 Å². The summed E-state index contributed by atoms with van der Waals surface area (Å²) in [5, 5.41) is 2.68. The van der Waals surface area contributed by atoms with E-state index in [0.29, 0.717) is 0 Å². The topological polar surface area (TPSA) is 41.1 Å². The third-order valence-corrected chi connectivity index (χ3v) is 4.09. The van der Waals surface area contributed by atoms with Crippen LogP contribution in [0, 0.1) is 0 Å². The Kier molecular flexibility index (Phi) is 4.80. The molecule has 0 bridgehead atoms. The van der Waals surface area contributed by atoms with Crippen LogP contribution in [-0.4, -0.2) is 23.1 Å². The second kappa shape index (κ2) is 6.84. The van der Waals surface area contributed by atoms with Gasteiger partial charge in [0.2, 0.25) is 5.95 Å². The molecule has 2 aromatic rings. The maximum absolute atomic E-state index is 13.2. The van der Waals surface area contributed by atoms with E-state index in [1.54, 1.807) is 12.3 Å². The van der Waals surface area contributed by atoms with Crippen LogP contribution in [0.1, 0.15) is 24.8 Å². The van der Waals surface area contributed by atoms with Crippen molar-refractivity contribution < 1.29 is 13.2 Å². The Morgan fingerprint density at radius 1 is 1.08 bits per heavy atom. The number of nitrogens with one attached hydrogen (secondary N) is 1. The molecule has 128 valence electrons. The van der Waals surface area contributed by atoms with Crippen LogP contribution in [0.4, 0.5) is 30.6 Å². The molecule has 0 amide bonds. The Balaban J connectivity index is 1.86. The van der Waals surface area contributed by atoms with Gasteiger partial charge in [0.1, 0.15) is 5.82 Å². The highest BCUT2D eigenvalue weighted by Crippen LogP contribution is 2.37. The average Bonchev–Trinajstić information content (AvgIpc) is 2.57. The van der Waals surface area contributed by atoms with E-state index in [2.05, 4.69) is 20.2 Å². The fourth-order valence-electron chi connectivity index (χ4n) is 2.69. The highest BCUT2D eigenvalue weighted by Gasteiger charge is 2.34. The molecule has 1 aliphatic heterocycles. The molecule has 4 nitrogen and oxygen atoms in total. The Morgan fingerprint density at radius 3 is 2.54 bits per heavy atom. The molecule has 0 radical (unpaired) electrons. The van der Waals surface area contributed by atoms with Gasteiger partial charge in [0.05, 0.1) is 11.3 Å². The van der Waals surface area contributed by atoms with Crippen molar-refractivity contribution in [2.75, 3.05) is 23.3 Å². The van der Waals surface area contributed by atoms with Crippen molar-refractivity contribution in [3.63, 3.8) is 0 Å². The molecule has 24 heavy (non-hydrogen) atoms. The first-order chi connectivity index (χ1) is 11.4. The molecule has 1 aromatic heterocycles. The number of halogens is 4. The van der Waals surface area contributed by atoms with Crippen LogP contribution in [0.15, 0.2) is 30.5 Å². The molecule has 1 N–H and O–H groups in total. The Hall–Kier alpha value is -2.02. The molecule has 8 heteroatoms. The average molecular weight is 357 g/mol. The third kappa shape index (κ3) is 3.90. The largest absolute Gasteiger partial charge is 0.418 e. The zero-order chi connectivity index (χ0) is 17.2. The van der Waals surface area contributed by atoms with E-state index in [4.69, 9.17) is 11.6 Å². The molecule has 0 saturated carbocycles. The molecule has 0 aliphatic carbocycles. The van der Waals surface area contributed by atoms with Gasteiger partial charge in [-0.15, -0.1) is 0 Å². The van der Waals surface area contributed by atoms with Crippen LogP contribution in [-0.2, 0) is 6.18 Å². The van der Waals surface area contributed by atoms with Crippen molar-refractivity contribution in [3.8, 4) is 0 Å². The van der Waals surface area contributed by atoms with E-state index in [1.807, 2.05) is 0 Å². The van der Waals surface area contributed by atoms with Gasteiger partial charge in [-0.05, 0) is 43.5 Å². The lowest BCUT2D eigenvalue weighted by molar-refractivity contribution is -0.136. The van der Waals surface area contributed by atoms with Crippen LogP contribution in [0.25, 0.3) is 0 Å². The number of piperidine rings is 1. The van der Waals surface area contributed by atoms with Crippen molar-refractivity contribution in [3.05, 3.63) is 41.0 Å². The first-order valence-electron chi connectivity index (χ1n) is 7.65. The fourth-order valence-corrected chi connectivity index (χ4v) is 2.86. The van der Waals surface area contributed by atoms with Crippen molar-refractivity contribution in [2.24, 2.45) is 0 Å². The lowest BCUT2D eigenvalue weighted by Gasteiger charge is -2.27. The molecule has 1 saturated heterocycles. The predicted octanol–water partition coefficient (Wildman–Crippen LogP) is 4.88. The smallest absolute Gasteiger partial charge is 0.356 e. The summed E-state index contributed by atoms with van der Waals surface area (Å²) in [5.41, 5.74) is -0.968. The molecule has 3 rings (SSSR count). The Bertz CT molecular complexity index is 715.